The highest BCUT2D eigenvalue weighted by molar-refractivity contribution is 8.01. The summed E-state index contributed by atoms with van der Waals surface area (Å²) >= 11 is 6.80. The number of thiocarbonyl (C=S) groups is 1. The monoisotopic (exact) mass is 344 g/mol. The van der Waals surface area contributed by atoms with Crippen LogP contribution in [0, 0.1) is 6.92 Å². The average molecular weight is 345 g/mol. The first kappa shape index (κ1) is 16.6. The van der Waals surface area contributed by atoms with Crippen molar-refractivity contribution in [3.8, 4) is 0 Å². The van der Waals surface area contributed by atoms with E-state index < -0.39 is 15.2 Å². The summed E-state index contributed by atoms with van der Waals surface area (Å²) in [6.45, 7) is 4.36. The quantitative estimate of drug-likeness (QED) is 0.842. The van der Waals surface area contributed by atoms with Crippen molar-refractivity contribution < 1.29 is 8.42 Å². The van der Waals surface area contributed by atoms with Crippen LogP contribution < -0.4 is 10.6 Å². The molecule has 7 heteroatoms. The topological polar surface area (TPSA) is 63.4 Å². The lowest BCUT2D eigenvalue weighted by molar-refractivity contribution is 0.579. The van der Waals surface area contributed by atoms with Crippen molar-refractivity contribution in [2.45, 2.75) is 19.2 Å². The van der Waals surface area contributed by atoms with Gasteiger partial charge in [-0.15, -0.1) is 0 Å². The molecule has 1 atom stereocenters. The van der Waals surface area contributed by atoms with Crippen LogP contribution in [0.25, 0.3) is 0 Å². The Balaban J connectivity index is 2.52. The third-order valence-electron chi connectivity index (χ3n) is 3.63. The Bertz CT molecular complexity index is 644. The van der Waals surface area contributed by atoms with Crippen LogP contribution >= 0.6 is 24.0 Å². The Morgan fingerprint density at radius 1 is 1.52 bits per heavy atom. The lowest BCUT2D eigenvalue weighted by Crippen LogP contribution is -2.48. The number of nitrogens with two attached hydrogens (primary N) is 1. The molecule has 4 nitrogen and oxygen atoms in total. The third-order valence-corrected chi connectivity index (χ3v) is 7.14. The van der Waals surface area contributed by atoms with Crippen molar-refractivity contribution in [3.63, 3.8) is 0 Å². The van der Waals surface area contributed by atoms with E-state index in [1.807, 2.05) is 30.0 Å². The molecule has 1 aliphatic heterocycles. The molecule has 21 heavy (non-hydrogen) atoms. The number of hydrogen-bond donors (Lipinski definition) is 1. The molecule has 1 aromatic rings. The SMILES string of the molecule is CCS(=O)(=O)C1CSCCN1c1cc(C)ccc1C(N)=S. The maximum Gasteiger partial charge on any atom is 0.171 e. The second-order valence-corrected chi connectivity index (χ2v) is 9.10. The van der Waals surface area contributed by atoms with Gasteiger partial charge in [-0.1, -0.05) is 25.2 Å². The number of benzene rings is 1. The minimum Gasteiger partial charge on any atom is -0.389 e. The van der Waals surface area contributed by atoms with Crippen molar-refractivity contribution in [1.82, 2.24) is 0 Å². The molecule has 0 spiro atoms. The molecule has 0 radical (unpaired) electrons. The molecule has 1 aromatic carbocycles. The summed E-state index contributed by atoms with van der Waals surface area (Å²) in [7, 11) is -3.15. The maximum atomic E-state index is 12.4. The van der Waals surface area contributed by atoms with Crippen LogP contribution in [0.15, 0.2) is 18.2 Å². The summed E-state index contributed by atoms with van der Waals surface area (Å²) in [6.07, 6.45) is 0. The smallest absolute Gasteiger partial charge is 0.171 e. The fraction of sp³-hybridized carbons (Fsp3) is 0.500. The van der Waals surface area contributed by atoms with E-state index >= 15 is 0 Å². The van der Waals surface area contributed by atoms with Crippen molar-refractivity contribution in [3.05, 3.63) is 29.3 Å². The van der Waals surface area contributed by atoms with Crippen LogP contribution in [0.5, 0.6) is 0 Å². The van der Waals surface area contributed by atoms with E-state index in [0.29, 0.717) is 17.3 Å². The third kappa shape index (κ3) is 3.52. The summed E-state index contributed by atoms with van der Waals surface area (Å²) in [6, 6.07) is 5.80. The van der Waals surface area contributed by atoms with Crippen molar-refractivity contribution in [1.29, 1.82) is 0 Å². The summed E-state index contributed by atoms with van der Waals surface area (Å²) in [5.41, 5.74) is 8.46. The molecule has 0 amide bonds. The van der Waals surface area contributed by atoms with Crippen molar-refractivity contribution in [2.24, 2.45) is 5.73 Å². The minimum absolute atomic E-state index is 0.142. The first-order chi connectivity index (χ1) is 9.86. The van der Waals surface area contributed by atoms with Crippen LogP contribution in [0.1, 0.15) is 18.1 Å². The van der Waals surface area contributed by atoms with Gasteiger partial charge >= 0.3 is 0 Å². The van der Waals surface area contributed by atoms with E-state index in [0.717, 1.165) is 22.6 Å². The summed E-state index contributed by atoms with van der Waals surface area (Å²) in [5, 5.41) is -0.504. The zero-order valence-corrected chi connectivity index (χ0v) is 14.7. The number of aryl methyl sites for hydroxylation is 1. The molecule has 1 heterocycles. The molecule has 1 fully saturated rings. The second-order valence-electron chi connectivity index (χ2n) is 5.06. The van der Waals surface area contributed by atoms with Gasteiger partial charge in [0.1, 0.15) is 10.4 Å². The Morgan fingerprint density at radius 2 is 2.24 bits per heavy atom. The zero-order chi connectivity index (χ0) is 15.6. The molecule has 1 unspecified atom stereocenters. The van der Waals surface area contributed by atoms with Gasteiger partial charge in [0, 0.05) is 35.1 Å². The van der Waals surface area contributed by atoms with E-state index in [4.69, 9.17) is 18.0 Å². The fourth-order valence-corrected chi connectivity index (χ4v) is 5.59. The highest BCUT2D eigenvalue weighted by Gasteiger charge is 2.34. The lowest BCUT2D eigenvalue weighted by Gasteiger charge is -2.37. The molecule has 2 rings (SSSR count). The van der Waals surface area contributed by atoms with E-state index in [1.54, 1.807) is 18.7 Å². The predicted octanol–water partition coefficient (Wildman–Crippen LogP) is 1.94. The zero-order valence-electron chi connectivity index (χ0n) is 12.2. The molecule has 1 saturated heterocycles. The van der Waals surface area contributed by atoms with Crippen LogP contribution in [0.2, 0.25) is 0 Å². The Hall–Kier alpha value is -0.790. The largest absolute Gasteiger partial charge is 0.389 e. The van der Waals surface area contributed by atoms with Crippen LogP contribution in [0.4, 0.5) is 5.69 Å². The van der Waals surface area contributed by atoms with Gasteiger partial charge in [-0.05, 0) is 24.6 Å². The lowest BCUT2D eigenvalue weighted by atomic mass is 10.1. The van der Waals surface area contributed by atoms with Crippen LogP contribution in [-0.4, -0.2) is 42.6 Å². The minimum atomic E-state index is -3.15. The molecule has 0 saturated carbocycles. The van der Waals surface area contributed by atoms with E-state index in [9.17, 15) is 8.42 Å². The molecular formula is C14H20N2O2S3. The number of anilines is 1. The Morgan fingerprint density at radius 3 is 2.86 bits per heavy atom. The highest BCUT2D eigenvalue weighted by Crippen LogP contribution is 2.31. The van der Waals surface area contributed by atoms with E-state index in [-0.39, 0.29) is 5.75 Å². The summed E-state index contributed by atoms with van der Waals surface area (Å²) < 4.78 is 24.8. The standard InChI is InChI=1S/C14H20N2O2S3/c1-3-21(17,18)13-9-20-7-6-16(13)12-8-10(2)4-5-11(12)14(15)19/h4-5,8,13H,3,6-7,9H2,1-2H3,(H2,15,19). The van der Waals surface area contributed by atoms with Crippen LogP contribution in [0.3, 0.4) is 0 Å². The van der Waals surface area contributed by atoms with Gasteiger partial charge in [0.15, 0.2) is 9.84 Å². The molecule has 0 aliphatic carbocycles. The number of hydrogen-bond acceptors (Lipinski definition) is 5. The Kier molecular flexibility index (Phi) is 5.16. The number of thioether (sulfide) groups is 1. The maximum absolute atomic E-state index is 12.4. The predicted molar refractivity (Wildman–Crippen MR) is 95.0 cm³/mol. The molecule has 1 aliphatic rings. The van der Waals surface area contributed by atoms with Crippen molar-refractivity contribution >= 4 is 44.5 Å². The van der Waals surface area contributed by atoms with Gasteiger partial charge in [-0.3, -0.25) is 0 Å². The van der Waals surface area contributed by atoms with Gasteiger partial charge in [-0.25, -0.2) is 8.42 Å². The number of sulfone groups is 1. The van der Waals surface area contributed by atoms with E-state index in [1.165, 1.54) is 0 Å². The first-order valence-corrected chi connectivity index (χ1v) is 10.1. The molecule has 0 bridgehead atoms. The van der Waals surface area contributed by atoms with E-state index in [2.05, 4.69) is 0 Å². The molecular weight excluding hydrogens is 324 g/mol. The second kappa shape index (κ2) is 6.54. The van der Waals surface area contributed by atoms with Gasteiger partial charge in [0.05, 0.1) is 0 Å². The van der Waals surface area contributed by atoms with Gasteiger partial charge in [0.2, 0.25) is 0 Å². The molecule has 2 N–H and O–H groups in total. The highest BCUT2D eigenvalue weighted by atomic mass is 32.2. The Labute approximate surface area is 136 Å². The van der Waals surface area contributed by atoms with Crippen LogP contribution in [-0.2, 0) is 9.84 Å². The summed E-state index contributed by atoms with van der Waals surface area (Å²) in [4.78, 5) is 2.26. The van der Waals surface area contributed by atoms with Gasteiger partial charge in [-0.2, -0.15) is 11.8 Å². The molecule has 0 aromatic heterocycles. The molecule has 116 valence electrons. The number of rotatable bonds is 4. The van der Waals surface area contributed by atoms with Crippen molar-refractivity contribution in [2.75, 3.05) is 28.7 Å². The van der Waals surface area contributed by atoms with Gasteiger partial charge < -0.3 is 10.6 Å². The number of nitrogens with zero attached hydrogens (tertiary/aromatic N) is 1. The summed E-state index contributed by atoms with van der Waals surface area (Å²) in [5.74, 6) is 1.63. The fourth-order valence-electron chi connectivity index (χ4n) is 2.43. The normalized spacial score (nSPS) is 19.5. The van der Waals surface area contributed by atoms with Gasteiger partial charge in [0.25, 0.3) is 0 Å². The first-order valence-electron chi connectivity index (χ1n) is 6.83. The average Bonchev–Trinajstić information content (AvgIpc) is 2.46.